The van der Waals surface area contributed by atoms with Crippen molar-refractivity contribution >= 4 is 23.6 Å². The molecular weight excluding hydrogens is 964 g/mol. The second-order valence-electron chi connectivity index (χ2n) is 18.1. The van der Waals surface area contributed by atoms with E-state index < -0.39 is 118 Å². The maximum absolute atomic E-state index is 13.3. The Balaban J connectivity index is 1.32. The summed E-state index contributed by atoms with van der Waals surface area (Å²) < 4.78 is 32.2. The number of ketones is 1. The van der Waals surface area contributed by atoms with Crippen LogP contribution in [0.1, 0.15) is 89.9 Å². The summed E-state index contributed by atoms with van der Waals surface area (Å²) in [6, 6.07) is 0. The molecule has 0 spiro atoms. The molecule has 15 N–H and O–H groups in total. The number of nitrogens with zero attached hydrogens (tertiary/aromatic N) is 1. The first-order chi connectivity index (χ1) is 34.5. The van der Waals surface area contributed by atoms with Gasteiger partial charge in [0.15, 0.2) is 18.9 Å². The molecule has 0 bridgehead atoms. The molecule has 0 aromatic carbocycles. The molecule has 420 valence electrons. The number of unbranched alkanes of at least 4 members (excludes halogenated alkanes) is 4. The molecule has 0 aromatic heterocycles. The largest absolute Gasteiger partial charge is 0.394 e. The van der Waals surface area contributed by atoms with Crippen molar-refractivity contribution in [1.29, 1.82) is 0 Å². The van der Waals surface area contributed by atoms with Crippen molar-refractivity contribution in [2.75, 3.05) is 78.9 Å². The number of amides is 2. The predicted octanol–water partition coefficient (Wildman–Crippen LogP) is -5.95. The van der Waals surface area contributed by atoms with Gasteiger partial charge in [-0.05, 0) is 70.8 Å². The van der Waals surface area contributed by atoms with E-state index in [2.05, 4.69) is 16.1 Å². The lowest BCUT2D eigenvalue weighted by Gasteiger charge is -2.39. The molecule has 3 heterocycles. The lowest BCUT2D eigenvalue weighted by Crippen LogP contribution is -2.59. The Morgan fingerprint density at radius 2 is 0.889 bits per heavy atom. The van der Waals surface area contributed by atoms with Crippen LogP contribution in [0.15, 0.2) is 0 Å². The number of hydrogen-bond acceptors (Lipinski definition) is 25. The molecule has 3 saturated heterocycles. The summed E-state index contributed by atoms with van der Waals surface area (Å²) in [7, 11) is 0. The van der Waals surface area contributed by atoms with Crippen LogP contribution in [0.4, 0.5) is 0 Å². The van der Waals surface area contributed by atoms with Crippen LogP contribution >= 0.6 is 0 Å². The van der Waals surface area contributed by atoms with Crippen LogP contribution in [0, 0.1) is 0 Å². The maximum atomic E-state index is 13.3. The zero-order chi connectivity index (χ0) is 53.0. The molecule has 15 unspecified atom stereocenters. The number of hydrogen-bond donors (Lipinski definition) is 15. The Bertz CT molecular complexity index is 1520. The summed E-state index contributed by atoms with van der Waals surface area (Å²) in [4.78, 5) is 57.3. The SMILES string of the molecule is O=C(CCCCOC1OC(CO)C(O)C(O)C1O)CNCCCN(CCCNC(=O)CCCCOC1OC(CO)C(O)C(O)C1O)C(=O)CCCCNOC(=O)CCCCOC1OC(CO)C(O)C(O)C1O. The number of carbonyl (C=O) groups is 4. The first-order valence-electron chi connectivity index (χ1n) is 25.0. The van der Waals surface area contributed by atoms with Gasteiger partial charge >= 0.3 is 5.97 Å². The van der Waals surface area contributed by atoms with Crippen LogP contribution in [0.2, 0.25) is 0 Å². The van der Waals surface area contributed by atoms with Gasteiger partial charge in [-0.3, -0.25) is 19.2 Å². The van der Waals surface area contributed by atoms with Crippen molar-refractivity contribution in [2.45, 2.75) is 182 Å². The zero-order valence-corrected chi connectivity index (χ0v) is 40.8. The summed E-state index contributed by atoms with van der Waals surface area (Å²) >= 11 is 0. The number of rotatable bonds is 37. The van der Waals surface area contributed by atoms with Crippen molar-refractivity contribution < 1.29 is 114 Å². The zero-order valence-electron chi connectivity index (χ0n) is 40.8. The molecule has 0 aromatic rings. The third-order valence-electron chi connectivity index (χ3n) is 12.3. The normalized spacial score (nSPS) is 30.8. The number of aliphatic hydroxyl groups excluding tert-OH is 12. The van der Waals surface area contributed by atoms with E-state index in [1.54, 1.807) is 4.90 Å². The number of ether oxygens (including phenoxy) is 6. The molecule has 3 aliphatic rings. The van der Waals surface area contributed by atoms with Gasteiger partial charge in [0.05, 0.1) is 26.4 Å². The standard InChI is InChI=1S/C45H82N4O23/c50-24-28-34(57)37(60)40(63)43(69-28)66-20-6-2-11-27(53)23-46-15-9-18-49(19-10-16-47-31(54)12-3-7-21-67-44-41(64)38(61)35(58)29(25-51)70-44)32(55)13-1-5-17-48-72-33(56)14-4-8-22-68-45-42(65)39(62)36(59)30(26-52)71-45/h28-30,34-46,48,50-52,57-65H,1-26H2,(H,47,54). The fourth-order valence-corrected chi connectivity index (χ4v) is 7.87. The Morgan fingerprint density at radius 1 is 0.458 bits per heavy atom. The van der Waals surface area contributed by atoms with Crippen molar-refractivity contribution in [3.63, 3.8) is 0 Å². The molecule has 27 nitrogen and oxygen atoms in total. The van der Waals surface area contributed by atoms with Crippen LogP contribution < -0.4 is 16.1 Å². The van der Waals surface area contributed by atoms with Crippen molar-refractivity contribution in [3.8, 4) is 0 Å². The van der Waals surface area contributed by atoms with Gasteiger partial charge in [0, 0.05) is 71.7 Å². The number of aliphatic hydroxyl groups is 12. The fourth-order valence-electron chi connectivity index (χ4n) is 7.87. The first kappa shape index (κ1) is 63.6. The Kier molecular flexibility index (Phi) is 31.4. The van der Waals surface area contributed by atoms with Crippen LogP contribution in [-0.4, -0.2) is 261 Å². The molecule has 72 heavy (non-hydrogen) atoms. The molecule has 0 radical (unpaired) electrons. The molecule has 3 rings (SSSR count). The number of hydroxylamine groups is 1. The van der Waals surface area contributed by atoms with Crippen molar-refractivity contribution in [3.05, 3.63) is 0 Å². The quantitative estimate of drug-likeness (QED) is 0.0203. The lowest BCUT2D eigenvalue weighted by molar-refractivity contribution is -0.301. The third kappa shape index (κ3) is 22.2. The topological polar surface area (TPSA) is 415 Å². The van der Waals surface area contributed by atoms with Gasteiger partial charge in [0.25, 0.3) is 0 Å². The molecule has 0 saturated carbocycles. The fraction of sp³-hybridized carbons (Fsp3) is 0.911. The summed E-state index contributed by atoms with van der Waals surface area (Å²) in [5.74, 6) is -0.907. The monoisotopic (exact) mass is 1050 g/mol. The van der Waals surface area contributed by atoms with Crippen LogP contribution in [0.5, 0.6) is 0 Å². The molecule has 3 aliphatic heterocycles. The van der Waals surface area contributed by atoms with Gasteiger partial charge in [-0.2, -0.15) is 5.48 Å². The van der Waals surface area contributed by atoms with Gasteiger partial charge in [-0.1, -0.05) is 0 Å². The highest BCUT2D eigenvalue weighted by atomic mass is 16.7. The summed E-state index contributed by atoms with van der Waals surface area (Å²) in [5.41, 5.74) is 2.60. The maximum Gasteiger partial charge on any atom is 0.324 e. The van der Waals surface area contributed by atoms with E-state index in [4.69, 9.17) is 33.3 Å². The number of nitrogens with one attached hydrogen (secondary N) is 3. The summed E-state index contributed by atoms with van der Waals surface area (Å²) in [6.07, 6.45) is -15.5. The Hall–Kier alpha value is -2.72. The Labute approximate surface area is 418 Å². The average Bonchev–Trinajstić information content (AvgIpc) is 3.37. The second-order valence-corrected chi connectivity index (χ2v) is 18.1. The number of Topliss-reactive ketones (excluding diaryl/α,β-unsaturated/α-hetero) is 1. The number of carbonyl (C=O) groups excluding carboxylic acids is 4. The molecule has 0 aliphatic carbocycles. The summed E-state index contributed by atoms with van der Waals surface area (Å²) in [6.45, 7) is 0.370. The minimum atomic E-state index is -1.56. The molecular formula is C45H82N4O23. The van der Waals surface area contributed by atoms with Crippen LogP contribution in [0.25, 0.3) is 0 Å². The van der Waals surface area contributed by atoms with Gasteiger partial charge in [0.1, 0.15) is 79.0 Å². The van der Waals surface area contributed by atoms with Crippen molar-refractivity contribution in [1.82, 2.24) is 21.0 Å². The molecule has 27 heteroatoms. The minimum Gasteiger partial charge on any atom is -0.394 e. The van der Waals surface area contributed by atoms with Gasteiger partial charge < -0.3 is 110 Å². The van der Waals surface area contributed by atoms with E-state index in [0.29, 0.717) is 90.4 Å². The highest BCUT2D eigenvalue weighted by Crippen LogP contribution is 2.25. The van der Waals surface area contributed by atoms with Crippen molar-refractivity contribution in [2.24, 2.45) is 0 Å². The van der Waals surface area contributed by atoms with E-state index in [9.17, 15) is 80.5 Å². The summed E-state index contributed by atoms with van der Waals surface area (Å²) in [5, 5.41) is 124. The van der Waals surface area contributed by atoms with Gasteiger partial charge in [-0.25, -0.2) is 0 Å². The van der Waals surface area contributed by atoms with E-state index in [0.717, 1.165) is 0 Å². The van der Waals surface area contributed by atoms with Crippen LogP contribution in [-0.2, 0) is 52.4 Å². The van der Waals surface area contributed by atoms with Gasteiger partial charge in [0.2, 0.25) is 11.8 Å². The van der Waals surface area contributed by atoms with Crippen LogP contribution in [0.3, 0.4) is 0 Å². The van der Waals surface area contributed by atoms with Gasteiger partial charge in [-0.15, -0.1) is 0 Å². The van der Waals surface area contributed by atoms with E-state index in [1.165, 1.54) is 0 Å². The van der Waals surface area contributed by atoms with E-state index in [1.807, 2.05) is 0 Å². The smallest absolute Gasteiger partial charge is 0.324 e. The Morgan fingerprint density at radius 3 is 1.36 bits per heavy atom. The first-order valence-corrected chi connectivity index (χ1v) is 25.0. The lowest BCUT2D eigenvalue weighted by atomic mass is 9.99. The van der Waals surface area contributed by atoms with E-state index in [-0.39, 0.29) is 76.2 Å². The average molecular weight is 1050 g/mol. The highest BCUT2D eigenvalue weighted by molar-refractivity contribution is 5.80. The second kappa shape index (κ2) is 35.5. The molecule has 15 atom stereocenters. The predicted molar refractivity (Wildman–Crippen MR) is 245 cm³/mol. The highest BCUT2D eigenvalue weighted by Gasteiger charge is 2.46. The minimum absolute atomic E-state index is 0.0492. The molecule has 2 amide bonds. The third-order valence-corrected chi connectivity index (χ3v) is 12.3. The molecule has 3 fully saturated rings. The van der Waals surface area contributed by atoms with E-state index >= 15 is 0 Å².